The lowest BCUT2D eigenvalue weighted by Crippen LogP contribution is -2.39. The van der Waals surface area contributed by atoms with E-state index in [1.165, 1.54) is 37.3 Å². The van der Waals surface area contributed by atoms with Gasteiger partial charge in [-0.1, -0.05) is 53.0 Å². The lowest BCUT2D eigenvalue weighted by Gasteiger charge is -2.18. The first kappa shape index (κ1) is 29.6. The molecule has 0 bridgehead atoms. The van der Waals surface area contributed by atoms with Crippen molar-refractivity contribution in [2.24, 2.45) is 0 Å². The van der Waals surface area contributed by atoms with Crippen molar-refractivity contribution in [1.29, 1.82) is 0 Å². The fourth-order valence-electron chi connectivity index (χ4n) is 3.05. The van der Waals surface area contributed by atoms with E-state index in [1.807, 2.05) is 0 Å². The van der Waals surface area contributed by atoms with Gasteiger partial charge in [0.05, 0.1) is 22.5 Å². The predicted octanol–water partition coefficient (Wildman–Crippen LogP) is 7.44. The average molecular weight is 581 g/mol. The molecule has 0 heterocycles. The van der Waals surface area contributed by atoms with Crippen LogP contribution in [0.4, 0.5) is 26.3 Å². The van der Waals surface area contributed by atoms with E-state index in [0.717, 1.165) is 18.2 Å². The number of benzene rings is 2. The van der Waals surface area contributed by atoms with Crippen LogP contribution >= 0.6 is 34.8 Å². The quantitative estimate of drug-likeness (QED) is 0.261. The molecule has 0 aliphatic heterocycles. The molecular weight excluding hydrogens is 563 g/mol. The zero-order valence-corrected chi connectivity index (χ0v) is 20.9. The molecule has 0 aliphatic rings. The van der Waals surface area contributed by atoms with Crippen LogP contribution in [0.5, 0.6) is 0 Å². The SMILES string of the molecule is CC(C[S+]([O-])CC(F)(F)F)NC(=O)c1ccc(/C=C/C(c2cc(Cl)cc(Cl)c2)C(F)(F)F)cc1Cl. The van der Waals surface area contributed by atoms with Crippen LogP contribution in [0, 0.1) is 0 Å². The highest BCUT2D eigenvalue weighted by Gasteiger charge is 2.39. The maximum atomic E-state index is 13.6. The lowest BCUT2D eigenvalue weighted by atomic mass is 9.97. The lowest BCUT2D eigenvalue weighted by molar-refractivity contribution is -0.139. The Morgan fingerprint density at radius 2 is 1.66 bits per heavy atom. The van der Waals surface area contributed by atoms with Gasteiger partial charge in [0, 0.05) is 10.0 Å². The molecule has 192 valence electrons. The van der Waals surface area contributed by atoms with Gasteiger partial charge >= 0.3 is 12.4 Å². The number of amides is 1. The van der Waals surface area contributed by atoms with Crippen LogP contribution in [0.3, 0.4) is 0 Å². The van der Waals surface area contributed by atoms with Gasteiger partial charge in [0.25, 0.3) is 5.91 Å². The first-order chi connectivity index (χ1) is 16.0. The number of carbonyl (C=O) groups excluding carboxylic acids is 1. The van der Waals surface area contributed by atoms with Crippen LogP contribution < -0.4 is 5.32 Å². The van der Waals surface area contributed by atoms with Crippen LogP contribution in [0.2, 0.25) is 15.1 Å². The number of alkyl halides is 6. The van der Waals surface area contributed by atoms with Crippen molar-refractivity contribution in [2.75, 3.05) is 11.5 Å². The van der Waals surface area contributed by atoms with Crippen molar-refractivity contribution in [2.45, 2.75) is 31.2 Å². The summed E-state index contributed by atoms with van der Waals surface area (Å²) in [6.07, 6.45) is -7.17. The van der Waals surface area contributed by atoms with E-state index < -0.39 is 52.9 Å². The highest BCUT2D eigenvalue weighted by Crippen LogP contribution is 2.38. The van der Waals surface area contributed by atoms with E-state index in [0.29, 0.717) is 0 Å². The molecule has 13 heteroatoms. The fraction of sp³-hybridized carbons (Fsp3) is 0.318. The largest absolute Gasteiger partial charge is 0.616 e. The summed E-state index contributed by atoms with van der Waals surface area (Å²) in [5, 5.41) is 2.40. The van der Waals surface area contributed by atoms with Gasteiger partial charge in [-0.05, 0) is 59.6 Å². The van der Waals surface area contributed by atoms with Crippen molar-refractivity contribution in [3.63, 3.8) is 0 Å². The summed E-state index contributed by atoms with van der Waals surface area (Å²) < 4.78 is 89.3. The molecule has 0 aromatic heterocycles. The maximum Gasteiger partial charge on any atom is 0.433 e. The van der Waals surface area contributed by atoms with Gasteiger partial charge in [0.1, 0.15) is 5.75 Å². The minimum atomic E-state index is -4.64. The monoisotopic (exact) mass is 579 g/mol. The second-order valence-electron chi connectivity index (χ2n) is 7.56. The van der Waals surface area contributed by atoms with Crippen LogP contribution in [0.1, 0.15) is 34.3 Å². The molecule has 3 unspecified atom stereocenters. The summed E-state index contributed by atoms with van der Waals surface area (Å²) in [7, 11) is 0. The number of nitrogens with one attached hydrogen (secondary N) is 1. The number of rotatable bonds is 8. The van der Waals surface area contributed by atoms with E-state index in [4.69, 9.17) is 34.8 Å². The Labute approximate surface area is 215 Å². The second-order valence-corrected chi connectivity index (χ2v) is 10.3. The molecule has 1 amide bonds. The molecule has 1 N–H and O–H groups in total. The molecule has 0 radical (unpaired) electrons. The normalized spacial score (nSPS) is 15.2. The van der Waals surface area contributed by atoms with E-state index in [1.54, 1.807) is 0 Å². The third kappa shape index (κ3) is 9.76. The third-order valence-electron chi connectivity index (χ3n) is 4.45. The Balaban J connectivity index is 2.14. The maximum absolute atomic E-state index is 13.6. The van der Waals surface area contributed by atoms with E-state index in [9.17, 15) is 35.7 Å². The van der Waals surface area contributed by atoms with Gasteiger partial charge in [0.15, 0.2) is 0 Å². The van der Waals surface area contributed by atoms with Gasteiger partial charge in [-0.25, -0.2) is 0 Å². The summed E-state index contributed by atoms with van der Waals surface area (Å²) in [6.45, 7) is 1.39. The van der Waals surface area contributed by atoms with Crippen molar-refractivity contribution in [3.8, 4) is 0 Å². The van der Waals surface area contributed by atoms with Crippen LogP contribution in [0.15, 0.2) is 42.5 Å². The number of halogens is 9. The zero-order chi connectivity index (χ0) is 26.6. The Morgan fingerprint density at radius 1 is 1.06 bits per heavy atom. The summed E-state index contributed by atoms with van der Waals surface area (Å²) >= 11 is 15.5. The first-order valence-corrected chi connectivity index (χ1v) is 12.4. The van der Waals surface area contributed by atoms with Gasteiger partial charge < -0.3 is 9.87 Å². The number of carbonyl (C=O) groups is 1. The van der Waals surface area contributed by atoms with Crippen molar-refractivity contribution in [3.05, 3.63) is 74.2 Å². The molecule has 3 atom stereocenters. The molecule has 0 fully saturated rings. The third-order valence-corrected chi connectivity index (χ3v) is 6.72. The average Bonchev–Trinajstić information content (AvgIpc) is 2.64. The predicted molar refractivity (Wildman–Crippen MR) is 127 cm³/mol. The molecular formula is C22H18Cl3F6NO2S. The van der Waals surface area contributed by atoms with E-state index in [-0.39, 0.29) is 31.8 Å². The molecule has 2 aromatic rings. The van der Waals surface area contributed by atoms with Gasteiger partial charge in [-0.3, -0.25) is 4.79 Å². The minimum Gasteiger partial charge on any atom is -0.616 e. The molecule has 0 spiro atoms. The van der Waals surface area contributed by atoms with Crippen LogP contribution in [-0.2, 0) is 11.2 Å². The Kier molecular flexibility index (Phi) is 10.2. The van der Waals surface area contributed by atoms with E-state index in [2.05, 4.69) is 5.32 Å². The van der Waals surface area contributed by atoms with Crippen LogP contribution in [0.25, 0.3) is 6.08 Å². The highest BCUT2D eigenvalue weighted by molar-refractivity contribution is 7.91. The second kappa shape index (κ2) is 12.1. The summed E-state index contributed by atoms with van der Waals surface area (Å²) in [6, 6.07) is 6.63. The zero-order valence-electron chi connectivity index (χ0n) is 17.8. The standard InChI is InChI=1S/C22H18Cl3F6NO2S/c1-12(10-35(34)11-21(26,27)28)32-20(33)17-4-2-13(6-19(17)25)3-5-18(22(29,30)31)14-7-15(23)9-16(24)8-14/h2-9,12,18H,10-11H2,1H3,(H,32,33)/b5-3+. The van der Waals surface area contributed by atoms with Crippen molar-refractivity contribution in [1.82, 2.24) is 5.32 Å². The summed E-state index contributed by atoms with van der Waals surface area (Å²) in [4.78, 5) is 12.4. The number of hydrogen-bond donors (Lipinski definition) is 1. The molecule has 35 heavy (non-hydrogen) atoms. The molecule has 2 aromatic carbocycles. The Morgan fingerprint density at radius 3 is 2.17 bits per heavy atom. The van der Waals surface area contributed by atoms with Gasteiger partial charge in [-0.2, -0.15) is 26.3 Å². The topological polar surface area (TPSA) is 52.2 Å². The molecule has 0 saturated carbocycles. The minimum absolute atomic E-state index is 0.0463. The van der Waals surface area contributed by atoms with Gasteiger partial charge in [0.2, 0.25) is 5.75 Å². The van der Waals surface area contributed by atoms with Crippen molar-refractivity contribution >= 4 is 58.0 Å². The molecule has 0 aliphatic carbocycles. The number of hydrogen-bond acceptors (Lipinski definition) is 2. The molecule has 3 nitrogen and oxygen atoms in total. The summed E-state index contributed by atoms with van der Waals surface area (Å²) in [5.74, 6) is -4.66. The molecule has 0 saturated heterocycles. The number of allylic oxidation sites excluding steroid dienone is 1. The summed E-state index contributed by atoms with van der Waals surface area (Å²) in [5.41, 5.74) is 0.0461. The Hall–Kier alpha value is -1.59. The smallest absolute Gasteiger partial charge is 0.433 e. The van der Waals surface area contributed by atoms with Crippen LogP contribution in [-0.4, -0.2) is 40.4 Å². The van der Waals surface area contributed by atoms with Gasteiger partial charge in [-0.15, -0.1) is 0 Å². The Bertz CT molecular complexity index is 1060. The first-order valence-electron chi connectivity index (χ1n) is 9.78. The molecule has 2 rings (SSSR count). The highest BCUT2D eigenvalue weighted by atomic mass is 35.5. The van der Waals surface area contributed by atoms with E-state index >= 15 is 0 Å². The van der Waals surface area contributed by atoms with Crippen molar-refractivity contribution < 1.29 is 35.7 Å². The fourth-order valence-corrected chi connectivity index (χ4v) is 5.00.